The van der Waals surface area contributed by atoms with E-state index in [2.05, 4.69) is 5.32 Å². The van der Waals surface area contributed by atoms with Gasteiger partial charge in [-0.15, -0.1) is 0 Å². The molecular formula is C14H19F2NO. The van der Waals surface area contributed by atoms with Crippen molar-refractivity contribution in [3.63, 3.8) is 0 Å². The maximum absolute atomic E-state index is 13.2. The summed E-state index contributed by atoms with van der Waals surface area (Å²) in [5, 5.41) is 3.14. The van der Waals surface area contributed by atoms with Crippen LogP contribution in [0, 0.1) is 11.6 Å². The third kappa shape index (κ3) is 3.27. The second kappa shape index (κ2) is 6.25. The summed E-state index contributed by atoms with van der Waals surface area (Å²) < 4.78 is 31.6. The molecule has 0 aliphatic carbocycles. The number of ether oxygens (including phenoxy) is 1. The van der Waals surface area contributed by atoms with E-state index in [0.717, 1.165) is 37.9 Å². The van der Waals surface area contributed by atoms with Gasteiger partial charge in [0.15, 0.2) is 11.6 Å². The molecule has 18 heavy (non-hydrogen) atoms. The first-order chi connectivity index (χ1) is 8.70. The first-order valence-electron chi connectivity index (χ1n) is 6.44. The molecule has 100 valence electrons. The molecule has 1 heterocycles. The number of hydrogen-bond acceptors (Lipinski definition) is 2. The van der Waals surface area contributed by atoms with E-state index in [1.807, 2.05) is 7.05 Å². The lowest BCUT2D eigenvalue weighted by molar-refractivity contribution is 0.0998. The predicted molar refractivity (Wildman–Crippen MR) is 66.4 cm³/mol. The molecule has 1 aromatic carbocycles. The van der Waals surface area contributed by atoms with Gasteiger partial charge in [0.2, 0.25) is 0 Å². The Morgan fingerprint density at radius 2 is 2.22 bits per heavy atom. The second-order valence-electron chi connectivity index (χ2n) is 4.73. The quantitative estimate of drug-likeness (QED) is 0.872. The fraction of sp³-hybridized carbons (Fsp3) is 0.571. The molecule has 0 bridgehead atoms. The van der Waals surface area contributed by atoms with Crippen molar-refractivity contribution in [2.24, 2.45) is 0 Å². The predicted octanol–water partition coefficient (Wildman–Crippen LogP) is 3.18. The van der Waals surface area contributed by atoms with Crippen LogP contribution in [0.15, 0.2) is 18.2 Å². The van der Waals surface area contributed by atoms with Crippen LogP contribution in [0.5, 0.6) is 0 Å². The number of halogens is 2. The van der Waals surface area contributed by atoms with Crippen LogP contribution in [0.25, 0.3) is 0 Å². The average molecular weight is 255 g/mol. The molecule has 0 saturated carbocycles. The van der Waals surface area contributed by atoms with Crippen LogP contribution in [-0.4, -0.2) is 19.8 Å². The molecule has 4 heteroatoms. The van der Waals surface area contributed by atoms with Crippen LogP contribution >= 0.6 is 0 Å². The minimum absolute atomic E-state index is 0.0456. The Morgan fingerprint density at radius 1 is 1.39 bits per heavy atom. The maximum atomic E-state index is 13.2. The Morgan fingerprint density at radius 3 is 2.83 bits per heavy atom. The molecule has 1 fully saturated rings. The van der Waals surface area contributed by atoms with Gasteiger partial charge in [0.1, 0.15) is 0 Å². The number of rotatable bonds is 5. The summed E-state index contributed by atoms with van der Waals surface area (Å²) in [7, 11) is 1.83. The van der Waals surface area contributed by atoms with Crippen LogP contribution in [0.2, 0.25) is 0 Å². The van der Waals surface area contributed by atoms with Gasteiger partial charge in [-0.1, -0.05) is 6.07 Å². The Balaban J connectivity index is 1.96. The topological polar surface area (TPSA) is 21.3 Å². The van der Waals surface area contributed by atoms with E-state index < -0.39 is 11.6 Å². The zero-order valence-corrected chi connectivity index (χ0v) is 10.6. The van der Waals surface area contributed by atoms with Crippen molar-refractivity contribution in [2.45, 2.75) is 37.8 Å². The summed E-state index contributed by atoms with van der Waals surface area (Å²) in [6.07, 6.45) is 4.37. The minimum atomic E-state index is -0.798. The summed E-state index contributed by atoms with van der Waals surface area (Å²) in [6, 6.07) is 4.13. The van der Waals surface area contributed by atoms with Crippen molar-refractivity contribution in [1.82, 2.24) is 5.32 Å². The van der Waals surface area contributed by atoms with E-state index >= 15 is 0 Å². The van der Waals surface area contributed by atoms with E-state index in [9.17, 15) is 8.78 Å². The third-order valence-corrected chi connectivity index (χ3v) is 3.50. The van der Waals surface area contributed by atoms with E-state index in [4.69, 9.17) is 4.74 Å². The largest absolute Gasteiger partial charge is 0.378 e. The highest BCUT2D eigenvalue weighted by Crippen LogP contribution is 2.24. The highest BCUT2D eigenvalue weighted by Gasteiger charge is 2.18. The maximum Gasteiger partial charge on any atom is 0.159 e. The summed E-state index contributed by atoms with van der Waals surface area (Å²) in [5.41, 5.74) is 0.786. The van der Waals surface area contributed by atoms with Gasteiger partial charge in [-0.3, -0.25) is 0 Å². The number of benzene rings is 1. The van der Waals surface area contributed by atoms with Crippen molar-refractivity contribution >= 4 is 0 Å². The Kier molecular flexibility index (Phi) is 4.66. The Labute approximate surface area is 106 Å². The first kappa shape index (κ1) is 13.4. The lowest BCUT2D eigenvalue weighted by Gasteiger charge is -2.18. The van der Waals surface area contributed by atoms with Gasteiger partial charge in [0, 0.05) is 12.6 Å². The third-order valence-electron chi connectivity index (χ3n) is 3.50. The van der Waals surface area contributed by atoms with Crippen molar-refractivity contribution in [3.05, 3.63) is 35.4 Å². The summed E-state index contributed by atoms with van der Waals surface area (Å²) in [5.74, 6) is -1.59. The van der Waals surface area contributed by atoms with E-state index in [-0.39, 0.29) is 6.04 Å². The molecule has 0 radical (unpaired) electrons. The van der Waals surface area contributed by atoms with Gasteiger partial charge in [-0.2, -0.15) is 0 Å². The molecule has 0 amide bonds. The molecule has 2 unspecified atom stereocenters. The molecule has 2 atom stereocenters. The molecule has 1 aliphatic rings. The molecule has 0 aromatic heterocycles. The van der Waals surface area contributed by atoms with Crippen LogP contribution in [0.1, 0.15) is 37.3 Å². The van der Waals surface area contributed by atoms with Crippen LogP contribution < -0.4 is 5.32 Å². The van der Waals surface area contributed by atoms with Gasteiger partial charge in [-0.05, 0) is 50.4 Å². The van der Waals surface area contributed by atoms with Crippen LogP contribution in [-0.2, 0) is 4.74 Å². The van der Waals surface area contributed by atoms with Crippen molar-refractivity contribution in [2.75, 3.05) is 13.7 Å². The SMILES string of the molecule is CNC(CCC1CCCO1)c1ccc(F)c(F)c1. The van der Waals surface area contributed by atoms with Gasteiger partial charge < -0.3 is 10.1 Å². The number of nitrogens with one attached hydrogen (secondary N) is 1. The average Bonchev–Trinajstić information content (AvgIpc) is 2.87. The van der Waals surface area contributed by atoms with Crippen molar-refractivity contribution < 1.29 is 13.5 Å². The molecule has 2 rings (SSSR count). The van der Waals surface area contributed by atoms with Crippen molar-refractivity contribution in [1.29, 1.82) is 0 Å². The van der Waals surface area contributed by atoms with Gasteiger partial charge in [-0.25, -0.2) is 8.78 Å². The van der Waals surface area contributed by atoms with E-state index in [0.29, 0.717) is 6.10 Å². The molecule has 1 N–H and O–H groups in total. The summed E-state index contributed by atoms with van der Waals surface area (Å²) in [6.45, 7) is 0.847. The number of hydrogen-bond donors (Lipinski definition) is 1. The van der Waals surface area contributed by atoms with Crippen LogP contribution in [0.4, 0.5) is 8.78 Å². The van der Waals surface area contributed by atoms with E-state index in [1.165, 1.54) is 12.1 Å². The molecule has 0 spiro atoms. The van der Waals surface area contributed by atoms with Gasteiger partial charge >= 0.3 is 0 Å². The molecule has 1 saturated heterocycles. The molecule has 1 aromatic rings. The second-order valence-corrected chi connectivity index (χ2v) is 4.73. The lowest BCUT2D eigenvalue weighted by atomic mass is 9.99. The monoisotopic (exact) mass is 255 g/mol. The molecule has 1 aliphatic heterocycles. The zero-order valence-electron chi connectivity index (χ0n) is 10.6. The lowest BCUT2D eigenvalue weighted by Crippen LogP contribution is -2.19. The standard InChI is InChI=1S/C14H19F2NO/c1-17-14(7-5-11-3-2-8-18-11)10-4-6-12(15)13(16)9-10/h4,6,9,11,14,17H,2-3,5,7-8H2,1H3. The summed E-state index contributed by atoms with van der Waals surface area (Å²) >= 11 is 0. The fourth-order valence-electron chi connectivity index (χ4n) is 2.43. The Bertz CT molecular complexity index is 391. The molecule has 2 nitrogen and oxygen atoms in total. The van der Waals surface area contributed by atoms with Crippen LogP contribution in [0.3, 0.4) is 0 Å². The highest BCUT2D eigenvalue weighted by molar-refractivity contribution is 5.21. The smallest absolute Gasteiger partial charge is 0.159 e. The summed E-state index contributed by atoms with van der Waals surface area (Å²) in [4.78, 5) is 0. The van der Waals surface area contributed by atoms with Gasteiger partial charge in [0.25, 0.3) is 0 Å². The van der Waals surface area contributed by atoms with Crippen molar-refractivity contribution in [3.8, 4) is 0 Å². The molecular weight excluding hydrogens is 236 g/mol. The minimum Gasteiger partial charge on any atom is -0.378 e. The van der Waals surface area contributed by atoms with Gasteiger partial charge in [0.05, 0.1) is 6.10 Å². The first-order valence-corrected chi connectivity index (χ1v) is 6.44. The highest BCUT2D eigenvalue weighted by atomic mass is 19.2. The van der Waals surface area contributed by atoms with E-state index in [1.54, 1.807) is 6.07 Å². The zero-order chi connectivity index (χ0) is 13.0. The Hall–Kier alpha value is -1.00. The normalized spacial score (nSPS) is 21.2. The fourth-order valence-corrected chi connectivity index (χ4v) is 2.43.